The Labute approximate surface area is 113 Å². The van der Waals surface area contributed by atoms with Crippen molar-refractivity contribution in [3.8, 4) is 11.3 Å². The molecule has 3 aromatic rings. The standard InChI is InChI=1S/C13H8ClN3O2/c14-9-4-2-6-17-11(13(18)19)10(16-12(9)17)8-3-1-5-15-7-8/h1-7H,(H,18,19). The van der Waals surface area contributed by atoms with Crippen LogP contribution >= 0.6 is 11.6 Å². The van der Waals surface area contributed by atoms with Crippen molar-refractivity contribution >= 4 is 23.2 Å². The van der Waals surface area contributed by atoms with Crippen LogP contribution in [-0.4, -0.2) is 25.4 Å². The molecule has 0 saturated carbocycles. The van der Waals surface area contributed by atoms with Crippen LogP contribution in [0.15, 0.2) is 42.9 Å². The molecule has 0 aromatic carbocycles. The van der Waals surface area contributed by atoms with Gasteiger partial charge in [0.2, 0.25) is 0 Å². The van der Waals surface area contributed by atoms with Gasteiger partial charge < -0.3 is 5.11 Å². The highest BCUT2D eigenvalue weighted by Gasteiger charge is 2.20. The lowest BCUT2D eigenvalue weighted by atomic mass is 10.2. The molecule has 0 fully saturated rings. The highest BCUT2D eigenvalue weighted by atomic mass is 35.5. The third-order valence-corrected chi connectivity index (χ3v) is 3.03. The molecule has 0 atom stereocenters. The molecule has 0 radical (unpaired) electrons. The first-order valence-corrected chi connectivity index (χ1v) is 5.86. The van der Waals surface area contributed by atoms with Crippen molar-refractivity contribution in [2.75, 3.05) is 0 Å². The first kappa shape index (κ1) is 11.7. The molecule has 1 N–H and O–H groups in total. The molecule has 5 nitrogen and oxygen atoms in total. The summed E-state index contributed by atoms with van der Waals surface area (Å²) in [4.78, 5) is 19.7. The van der Waals surface area contributed by atoms with E-state index in [-0.39, 0.29) is 5.69 Å². The Bertz CT molecular complexity index is 768. The molecule has 0 amide bonds. The van der Waals surface area contributed by atoms with E-state index in [0.717, 1.165) is 0 Å². The number of aromatic nitrogens is 3. The third-order valence-electron chi connectivity index (χ3n) is 2.74. The van der Waals surface area contributed by atoms with E-state index in [1.165, 1.54) is 4.40 Å². The fraction of sp³-hybridized carbons (Fsp3) is 0. The van der Waals surface area contributed by atoms with Crippen LogP contribution in [0.4, 0.5) is 0 Å². The van der Waals surface area contributed by atoms with Crippen LogP contribution < -0.4 is 0 Å². The minimum atomic E-state index is -1.06. The number of imidazole rings is 1. The Balaban J connectivity index is 2.39. The SMILES string of the molecule is O=C(O)c1c(-c2cccnc2)nc2c(Cl)cccn12. The van der Waals surface area contributed by atoms with Crippen molar-refractivity contribution in [1.82, 2.24) is 14.4 Å². The summed E-state index contributed by atoms with van der Waals surface area (Å²) >= 11 is 6.04. The fourth-order valence-corrected chi connectivity index (χ4v) is 2.15. The maximum atomic E-state index is 11.5. The number of hydrogen-bond donors (Lipinski definition) is 1. The molecule has 6 heteroatoms. The Morgan fingerprint density at radius 1 is 1.32 bits per heavy atom. The average molecular weight is 274 g/mol. The number of nitrogens with zero attached hydrogens (tertiary/aromatic N) is 3. The summed E-state index contributed by atoms with van der Waals surface area (Å²) in [7, 11) is 0. The van der Waals surface area contributed by atoms with E-state index in [2.05, 4.69) is 9.97 Å². The van der Waals surface area contributed by atoms with Gasteiger partial charge in [-0.1, -0.05) is 11.6 Å². The zero-order valence-corrected chi connectivity index (χ0v) is 10.4. The van der Waals surface area contributed by atoms with E-state index in [4.69, 9.17) is 11.6 Å². The predicted octanol–water partition coefficient (Wildman–Crippen LogP) is 2.75. The maximum Gasteiger partial charge on any atom is 0.355 e. The first-order chi connectivity index (χ1) is 9.18. The van der Waals surface area contributed by atoms with Crippen LogP contribution in [0.3, 0.4) is 0 Å². The number of hydrogen-bond acceptors (Lipinski definition) is 3. The van der Waals surface area contributed by atoms with Crippen LogP contribution in [0.25, 0.3) is 16.9 Å². The minimum absolute atomic E-state index is 0.0745. The van der Waals surface area contributed by atoms with Crippen molar-refractivity contribution in [2.24, 2.45) is 0 Å². The summed E-state index contributed by atoms with van der Waals surface area (Å²) in [6.07, 6.45) is 4.81. The summed E-state index contributed by atoms with van der Waals surface area (Å²) in [6.45, 7) is 0. The van der Waals surface area contributed by atoms with E-state index in [9.17, 15) is 9.90 Å². The van der Waals surface area contributed by atoms with E-state index in [1.54, 1.807) is 42.9 Å². The summed E-state index contributed by atoms with van der Waals surface area (Å²) in [5.74, 6) is -1.06. The van der Waals surface area contributed by atoms with Crippen molar-refractivity contribution in [2.45, 2.75) is 0 Å². The van der Waals surface area contributed by atoms with Crippen LogP contribution in [0.1, 0.15) is 10.5 Å². The predicted molar refractivity (Wildman–Crippen MR) is 70.4 cm³/mol. The average Bonchev–Trinajstić information content (AvgIpc) is 2.81. The molecule has 19 heavy (non-hydrogen) atoms. The summed E-state index contributed by atoms with van der Waals surface area (Å²) in [6, 6.07) is 6.83. The number of carbonyl (C=O) groups is 1. The van der Waals surface area contributed by atoms with Crippen molar-refractivity contribution in [3.05, 3.63) is 53.6 Å². The fourth-order valence-electron chi connectivity index (χ4n) is 1.94. The summed E-state index contributed by atoms with van der Waals surface area (Å²) in [5, 5.41) is 9.78. The largest absolute Gasteiger partial charge is 0.476 e. The quantitative estimate of drug-likeness (QED) is 0.779. The van der Waals surface area contributed by atoms with Crippen LogP contribution in [0.5, 0.6) is 0 Å². The Morgan fingerprint density at radius 2 is 2.16 bits per heavy atom. The summed E-state index contributed by atoms with van der Waals surface area (Å²) in [5.41, 5.74) is 1.49. The lowest BCUT2D eigenvalue weighted by Crippen LogP contribution is -2.03. The first-order valence-electron chi connectivity index (χ1n) is 5.49. The molecule has 3 heterocycles. The second-order valence-electron chi connectivity index (χ2n) is 3.91. The van der Waals surface area contributed by atoms with Crippen molar-refractivity contribution in [1.29, 1.82) is 0 Å². The van der Waals surface area contributed by atoms with E-state index in [0.29, 0.717) is 21.9 Å². The highest BCUT2D eigenvalue weighted by Crippen LogP contribution is 2.26. The monoisotopic (exact) mass is 273 g/mol. The molecular weight excluding hydrogens is 266 g/mol. The van der Waals surface area contributed by atoms with Crippen LogP contribution in [0, 0.1) is 0 Å². The van der Waals surface area contributed by atoms with Crippen LogP contribution in [0.2, 0.25) is 5.02 Å². The molecule has 0 saturated heterocycles. The molecule has 0 spiro atoms. The molecule has 0 bridgehead atoms. The molecular formula is C13H8ClN3O2. The van der Waals surface area contributed by atoms with Gasteiger partial charge in [-0.15, -0.1) is 0 Å². The number of pyridine rings is 2. The lowest BCUT2D eigenvalue weighted by Gasteiger charge is -1.99. The van der Waals surface area contributed by atoms with Gasteiger partial charge in [-0.25, -0.2) is 9.78 Å². The number of carboxylic acids is 1. The van der Waals surface area contributed by atoms with Crippen LogP contribution in [-0.2, 0) is 0 Å². The van der Waals surface area contributed by atoms with E-state index in [1.807, 2.05) is 0 Å². The molecule has 94 valence electrons. The number of rotatable bonds is 2. The molecule has 3 aromatic heterocycles. The second-order valence-corrected chi connectivity index (χ2v) is 4.31. The Kier molecular flexibility index (Phi) is 2.68. The van der Waals surface area contributed by atoms with Gasteiger partial charge >= 0.3 is 5.97 Å². The normalized spacial score (nSPS) is 10.8. The van der Waals surface area contributed by atoms with E-state index < -0.39 is 5.97 Å². The van der Waals surface area contributed by atoms with Gasteiger partial charge in [0.25, 0.3) is 0 Å². The molecule has 0 aliphatic heterocycles. The minimum Gasteiger partial charge on any atom is -0.476 e. The zero-order valence-electron chi connectivity index (χ0n) is 9.62. The van der Waals surface area contributed by atoms with Gasteiger partial charge in [0.05, 0.1) is 5.02 Å². The zero-order chi connectivity index (χ0) is 13.4. The summed E-state index contributed by atoms with van der Waals surface area (Å²) < 4.78 is 1.47. The second kappa shape index (κ2) is 4.37. The van der Waals surface area contributed by atoms with Gasteiger partial charge in [0.15, 0.2) is 11.3 Å². The van der Waals surface area contributed by atoms with Gasteiger partial charge in [-0.05, 0) is 24.3 Å². The van der Waals surface area contributed by atoms with Gasteiger partial charge in [0.1, 0.15) is 5.69 Å². The maximum absolute atomic E-state index is 11.5. The van der Waals surface area contributed by atoms with Crippen molar-refractivity contribution in [3.63, 3.8) is 0 Å². The van der Waals surface area contributed by atoms with Gasteiger partial charge in [0, 0.05) is 24.2 Å². The number of carboxylic acid groups (broad SMARTS) is 1. The third kappa shape index (κ3) is 1.84. The van der Waals surface area contributed by atoms with E-state index >= 15 is 0 Å². The molecule has 3 rings (SSSR count). The smallest absolute Gasteiger partial charge is 0.355 e. The molecule has 0 unspecified atom stereocenters. The number of fused-ring (bicyclic) bond motifs is 1. The number of aromatic carboxylic acids is 1. The Hall–Kier alpha value is -2.40. The molecule has 0 aliphatic rings. The topological polar surface area (TPSA) is 67.5 Å². The molecule has 0 aliphatic carbocycles. The Morgan fingerprint density at radius 3 is 2.84 bits per heavy atom. The lowest BCUT2D eigenvalue weighted by molar-refractivity contribution is 0.0690. The van der Waals surface area contributed by atoms with Gasteiger partial charge in [-0.3, -0.25) is 9.38 Å². The van der Waals surface area contributed by atoms with Crippen molar-refractivity contribution < 1.29 is 9.90 Å². The number of halogens is 1. The highest BCUT2D eigenvalue weighted by molar-refractivity contribution is 6.33. The van der Waals surface area contributed by atoms with Gasteiger partial charge in [-0.2, -0.15) is 0 Å².